The Hall–Kier alpha value is -2.64. The highest BCUT2D eigenvalue weighted by molar-refractivity contribution is 7.89. The van der Waals surface area contributed by atoms with Crippen LogP contribution in [0.1, 0.15) is 18.1 Å². The molecule has 6 nitrogen and oxygen atoms in total. The molecule has 0 atom stereocenters. The van der Waals surface area contributed by atoms with Gasteiger partial charge in [-0.15, -0.1) is 0 Å². The van der Waals surface area contributed by atoms with Crippen molar-refractivity contribution in [3.8, 4) is 5.75 Å². The molecule has 7 heteroatoms. The molecule has 2 aromatic carbocycles. The van der Waals surface area contributed by atoms with Crippen molar-refractivity contribution in [3.05, 3.63) is 59.7 Å². The van der Waals surface area contributed by atoms with E-state index in [2.05, 4.69) is 10.0 Å². The number of para-hydroxylation sites is 1. The highest BCUT2D eigenvalue weighted by Crippen LogP contribution is 2.25. The SMILES string of the molecule is CCc1ccccc1NC(=O)/C=C/c1ccc(OC)c(S(=O)(=O)NC)c1. The van der Waals surface area contributed by atoms with E-state index in [1.54, 1.807) is 18.2 Å². The van der Waals surface area contributed by atoms with E-state index in [9.17, 15) is 13.2 Å². The minimum Gasteiger partial charge on any atom is -0.495 e. The fourth-order valence-corrected chi connectivity index (χ4v) is 3.34. The van der Waals surface area contributed by atoms with Crippen LogP contribution in [-0.4, -0.2) is 28.5 Å². The van der Waals surface area contributed by atoms with Crippen molar-refractivity contribution in [3.63, 3.8) is 0 Å². The number of ether oxygens (including phenoxy) is 1. The number of benzene rings is 2. The Bertz CT molecular complexity index is 921. The van der Waals surface area contributed by atoms with Crippen LogP contribution < -0.4 is 14.8 Å². The molecular weight excluding hydrogens is 352 g/mol. The normalized spacial score (nSPS) is 11.5. The molecule has 0 saturated heterocycles. The number of anilines is 1. The third-order valence-electron chi connectivity index (χ3n) is 3.83. The third kappa shape index (κ3) is 4.71. The molecule has 26 heavy (non-hydrogen) atoms. The molecule has 0 aliphatic rings. The van der Waals surface area contributed by atoms with Crippen molar-refractivity contribution in [2.75, 3.05) is 19.5 Å². The Balaban J connectivity index is 2.22. The molecule has 0 aliphatic heterocycles. The van der Waals surface area contributed by atoms with Crippen LogP contribution in [0, 0.1) is 0 Å². The van der Waals surface area contributed by atoms with Crippen LogP contribution in [0.15, 0.2) is 53.4 Å². The average Bonchev–Trinajstić information content (AvgIpc) is 2.66. The maximum absolute atomic E-state index is 12.2. The molecule has 0 bridgehead atoms. The van der Waals surface area contributed by atoms with Gasteiger partial charge in [-0.3, -0.25) is 4.79 Å². The van der Waals surface area contributed by atoms with Crippen LogP contribution in [0.3, 0.4) is 0 Å². The summed E-state index contributed by atoms with van der Waals surface area (Å²) < 4.78 is 31.5. The minimum absolute atomic E-state index is 0.0152. The number of methoxy groups -OCH3 is 1. The van der Waals surface area contributed by atoms with Gasteiger partial charge in [-0.25, -0.2) is 13.1 Å². The molecule has 0 heterocycles. The van der Waals surface area contributed by atoms with Gasteiger partial charge in [0.15, 0.2) is 0 Å². The van der Waals surface area contributed by atoms with Gasteiger partial charge in [0.05, 0.1) is 7.11 Å². The predicted octanol–water partition coefficient (Wildman–Crippen LogP) is 2.82. The average molecular weight is 374 g/mol. The lowest BCUT2D eigenvalue weighted by Gasteiger charge is -2.09. The number of amides is 1. The molecule has 0 aromatic heterocycles. The first-order valence-electron chi connectivity index (χ1n) is 8.09. The first kappa shape index (κ1) is 19.7. The molecule has 2 rings (SSSR count). The van der Waals surface area contributed by atoms with Crippen molar-refractivity contribution in [2.24, 2.45) is 0 Å². The van der Waals surface area contributed by atoms with Crippen LogP contribution in [0.2, 0.25) is 0 Å². The van der Waals surface area contributed by atoms with Gasteiger partial charge in [0.2, 0.25) is 15.9 Å². The van der Waals surface area contributed by atoms with E-state index < -0.39 is 10.0 Å². The molecule has 0 aliphatic carbocycles. The predicted molar refractivity (Wildman–Crippen MR) is 103 cm³/mol. The summed E-state index contributed by atoms with van der Waals surface area (Å²) in [5, 5.41) is 2.83. The Morgan fingerprint density at radius 1 is 1.19 bits per heavy atom. The van der Waals surface area contributed by atoms with Crippen molar-refractivity contribution in [2.45, 2.75) is 18.2 Å². The first-order valence-corrected chi connectivity index (χ1v) is 9.58. The first-order chi connectivity index (χ1) is 12.4. The lowest BCUT2D eigenvalue weighted by atomic mass is 10.1. The van der Waals surface area contributed by atoms with Gasteiger partial charge >= 0.3 is 0 Å². The van der Waals surface area contributed by atoms with Crippen LogP contribution in [0.5, 0.6) is 5.75 Å². The van der Waals surface area contributed by atoms with Crippen molar-refractivity contribution >= 4 is 27.7 Å². The molecule has 1 amide bonds. The molecule has 0 spiro atoms. The number of sulfonamides is 1. The Morgan fingerprint density at radius 3 is 2.58 bits per heavy atom. The highest BCUT2D eigenvalue weighted by atomic mass is 32.2. The lowest BCUT2D eigenvalue weighted by molar-refractivity contribution is -0.111. The monoisotopic (exact) mass is 374 g/mol. The number of hydrogen-bond acceptors (Lipinski definition) is 4. The summed E-state index contributed by atoms with van der Waals surface area (Å²) in [6.45, 7) is 2.02. The quantitative estimate of drug-likeness (QED) is 0.730. The molecule has 0 unspecified atom stereocenters. The minimum atomic E-state index is -3.67. The molecule has 2 aromatic rings. The molecule has 2 N–H and O–H groups in total. The van der Waals surface area contributed by atoms with Crippen molar-refractivity contribution < 1.29 is 17.9 Å². The van der Waals surface area contributed by atoms with Crippen molar-refractivity contribution in [1.29, 1.82) is 0 Å². The second-order valence-corrected chi connectivity index (χ2v) is 7.31. The Kier molecular flexibility index (Phi) is 6.54. The van der Waals surface area contributed by atoms with Crippen LogP contribution >= 0.6 is 0 Å². The smallest absolute Gasteiger partial charge is 0.248 e. The Labute approximate surface area is 153 Å². The number of nitrogens with one attached hydrogen (secondary N) is 2. The van der Waals surface area contributed by atoms with Gasteiger partial charge in [0.25, 0.3) is 0 Å². The fraction of sp³-hybridized carbons (Fsp3) is 0.211. The van der Waals surface area contributed by atoms with Gasteiger partial charge in [0, 0.05) is 11.8 Å². The number of carbonyl (C=O) groups excluding carboxylic acids is 1. The number of rotatable bonds is 7. The second-order valence-electron chi connectivity index (χ2n) is 5.45. The summed E-state index contributed by atoms with van der Waals surface area (Å²) in [5.74, 6) is -0.0578. The van der Waals surface area contributed by atoms with Crippen LogP contribution in [0.25, 0.3) is 6.08 Å². The van der Waals surface area contributed by atoms with E-state index in [1.807, 2.05) is 31.2 Å². The van der Waals surface area contributed by atoms with E-state index in [0.29, 0.717) is 5.56 Å². The molecule has 138 valence electrons. The largest absolute Gasteiger partial charge is 0.495 e. The lowest BCUT2D eigenvalue weighted by Crippen LogP contribution is -2.19. The van der Waals surface area contributed by atoms with E-state index in [4.69, 9.17) is 4.74 Å². The topological polar surface area (TPSA) is 84.5 Å². The summed E-state index contributed by atoms with van der Waals surface area (Å²) >= 11 is 0. The van der Waals surface area contributed by atoms with Crippen LogP contribution in [-0.2, 0) is 21.2 Å². The molecule has 0 radical (unpaired) electrons. The Morgan fingerprint density at radius 2 is 1.92 bits per heavy atom. The molecule has 0 saturated carbocycles. The summed E-state index contributed by atoms with van der Waals surface area (Å²) in [6.07, 6.45) is 3.73. The van der Waals surface area contributed by atoms with Gasteiger partial charge in [0.1, 0.15) is 10.6 Å². The van der Waals surface area contributed by atoms with Gasteiger partial charge in [-0.1, -0.05) is 31.2 Å². The van der Waals surface area contributed by atoms with Gasteiger partial charge < -0.3 is 10.1 Å². The molecule has 0 fully saturated rings. The second kappa shape index (κ2) is 8.64. The zero-order valence-electron chi connectivity index (χ0n) is 14.9. The third-order valence-corrected chi connectivity index (χ3v) is 5.26. The van der Waals surface area contributed by atoms with E-state index in [1.165, 1.54) is 26.3 Å². The highest BCUT2D eigenvalue weighted by Gasteiger charge is 2.17. The zero-order valence-corrected chi connectivity index (χ0v) is 15.8. The summed E-state index contributed by atoms with van der Waals surface area (Å²) in [4.78, 5) is 12.2. The van der Waals surface area contributed by atoms with Gasteiger partial charge in [-0.2, -0.15) is 0 Å². The van der Waals surface area contributed by atoms with E-state index in [-0.39, 0.29) is 16.6 Å². The summed E-state index contributed by atoms with van der Waals surface area (Å²) in [5.41, 5.74) is 2.37. The van der Waals surface area contributed by atoms with Gasteiger partial charge in [-0.05, 0) is 48.9 Å². The zero-order chi connectivity index (χ0) is 19.2. The maximum Gasteiger partial charge on any atom is 0.248 e. The fourth-order valence-electron chi connectivity index (χ4n) is 2.41. The van der Waals surface area contributed by atoms with E-state index in [0.717, 1.165) is 17.7 Å². The number of aryl methyl sites for hydroxylation is 1. The summed E-state index contributed by atoms with van der Waals surface area (Å²) in [6, 6.07) is 12.3. The summed E-state index contributed by atoms with van der Waals surface area (Å²) in [7, 11) is -0.939. The number of hydrogen-bond donors (Lipinski definition) is 2. The van der Waals surface area contributed by atoms with E-state index >= 15 is 0 Å². The maximum atomic E-state index is 12.2. The molecular formula is C19H22N2O4S. The van der Waals surface area contributed by atoms with Crippen LogP contribution in [0.4, 0.5) is 5.69 Å². The standard InChI is InChI=1S/C19H22N2O4S/c1-4-15-7-5-6-8-16(15)21-19(22)12-10-14-9-11-17(25-3)18(13-14)26(23,24)20-2/h5-13,20H,4H2,1-3H3,(H,21,22)/b12-10+. The number of carbonyl (C=O) groups is 1. The van der Waals surface area contributed by atoms with Crippen molar-refractivity contribution in [1.82, 2.24) is 4.72 Å².